The molecule has 0 bridgehead atoms. The normalized spacial score (nSPS) is 19.4. The van der Waals surface area contributed by atoms with Crippen LogP contribution >= 0.6 is 0 Å². The summed E-state index contributed by atoms with van der Waals surface area (Å²) in [6.45, 7) is 6.46. The van der Waals surface area contributed by atoms with E-state index >= 15 is 0 Å². The van der Waals surface area contributed by atoms with E-state index in [4.69, 9.17) is 0 Å². The second kappa shape index (κ2) is 6.85. The minimum absolute atomic E-state index is 0.383. The van der Waals surface area contributed by atoms with Crippen LogP contribution in [0.4, 0.5) is 0 Å². The van der Waals surface area contributed by atoms with Crippen molar-refractivity contribution in [1.82, 2.24) is 5.32 Å². The lowest BCUT2D eigenvalue weighted by Gasteiger charge is -2.22. The fourth-order valence-electron chi connectivity index (χ4n) is 2.77. The minimum Gasteiger partial charge on any atom is -0.316 e. The van der Waals surface area contributed by atoms with E-state index in [1.165, 1.54) is 24.0 Å². The van der Waals surface area contributed by atoms with E-state index in [-0.39, 0.29) is 0 Å². The number of carbonyl (C=O) groups excluding carboxylic acids is 1. The lowest BCUT2D eigenvalue weighted by atomic mass is 9.92. The molecule has 1 unspecified atom stereocenters. The molecule has 104 valence electrons. The predicted octanol–water partition coefficient (Wildman–Crippen LogP) is 3.19. The third kappa shape index (κ3) is 4.46. The Labute approximate surface area is 116 Å². The highest BCUT2D eigenvalue weighted by Gasteiger charge is 2.14. The van der Waals surface area contributed by atoms with Gasteiger partial charge in [-0.05, 0) is 68.8 Å². The van der Waals surface area contributed by atoms with Crippen molar-refractivity contribution in [1.29, 1.82) is 0 Å². The van der Waals surface area contributed by atoms with Crippen LogP contribution in [0.3, 0.4) is 0 Å². The third-order valence-electron chi connectivity index (χ3n) is 4.20. The molecule has 1 aromatic carbocycles. The van der Waals surface area contributed by atoms with Crippen LogP contribution in [0.15, 0.2) is 18.2 Å². The molecule has 2 rings (SSSR count). The minimum atomic E-state index is 0.383. The number of hydrogen-bond acceptors (Lipinski definition) is 2. The maximum atomic E-state index is 12.0. The summed E-state index contributed by atoms with van der Waals surface area (Å²) in [5.74, 6) is 1.09. The highest BCUT2D eigenvalue weighted by atomic mass is 16.1. The molecule has 1 aliphatic rings. The standard InChI is InChI=1S/C17H25NO/c1-13-5-6-16(10-14(13)2)11-17(19)8-7-15-4-3-9-18-12-15/h5-6,10,15,18H,3-4,7-9,11-12H2,1-2H3. The van der Waals surface area contributed by atoms with Gasteiger partial charge in [0.1, 0.15) is 5.78 Å². The number of nitrogens with one attached hydrogen (secondary N) is 1. The number of carbonyl (C=O) groups is 1. The van der Waals surface area contributed by atoms with E-state index in [0.717, 1.165) is 31.5 Å². The number of rotatable bonds is 5. The second-order valence-electron chi connectivity index (χ2n) is 5.89. The number of piperidine rings is 1. The van der Waals surface area contributed by atoms with E-state index in [1.54, 1.807) is 0 Å². The molecule has 0 spiro atoms. The molecule has 19 heavy (non-hydrogen) atoms. The summed E-state index contributed by atoms with van der Waals surface area (Å²) < 4.78 is 0. The summed E-state index contributed by atoms with van der Waals surface area (Å²) in [4.78, 5) is 12.0. The molecule has 2 heteroatoms. The van der Waals surface area contributed by atoms with Crippen LogP contribution in [0.1, 0.15) is 42.4 Å². The fourth-order valence-corrected chi connectivity index (χ4v) is 2.77. The Morgan fingerprint density at radius 1 is 1.32 bits per heavy atom. The van der Waals surface area contributed by atoms with Crippen LogP contribution in [0.25, 0.3) is 0 Å². The highest BCUT2D eigenvalue weighted by molar-refractivity contribution is 5.80. The van der Waals surface area contributed by atoms with Gasteiger partial charge in [0.15, 0.2) is 0 Å². The van der Waals surface area contributed by atoms with Gasteiger partial charge in [-0.3, -0.25) is 4.79 Å². The molecule has 1 atom stereocenters. The lowest BCUT2D eigenvalue weighted by molar-refractivity contribution is -0.118. The van der Waals surface area contributed by atoms with Gasteiger partial charge in [-0.1, -0.05) is 18.2 Å². The van der Waals surface area contributed by atoms with Gasteiger partial charge in [0.05, 0.1) is 0 Å². The second-order valence-corrected chi connectivity index (χ2v) is 5.89. The summed E-state index contributed by atoms with van der Waals surface area (Å²) >= 11 is 0. The zero-order valence-corrected chi connectivity index (χ0v) is 12.2. The molecule has 0 saturated carbocycles. The molecular formula is C17H25NO. The Morgan fingerprint density at radius 3 is 2.84 bits per heavy atom. The van der Waals surface area contributed by atoms with Crippen molar-refractivity contribution in [3.05, 3.63) is 34.9 Å². The molecule has 1 heterocycles. The molecule has 1 aliphatic heterocycles. The van der Waals surface area contributed by atoms with Crippen molar-refractivity contribution in [3.63, 3.8) is 0 Å². The lowest BCUT2D eigenvalue weighted by Crippen LogP contribution is -2.30. The van der Waals surface area contributed by atoms with Crippen LogP contribution in [0.2, 0.25) is 0 Å². The summed E-state index contributed by atoms with van der Waals surface area (Å²) in [5, 5.41) is 3.41. The van der Waals surface area contributed by atoms with Crippen LogP contribution in [-0.4, -0.2) is 18.9 Å². The first-order chi connectivity index (χ1) is 9.15. The van der Waals surface area contributed by atoms with Crippen molar-refractivity contribution in [3.8, 4) is 0 Å². The first kappa shape index (κ1) is 14.3. The Balaban J connectivity index is 1.78. The van der Waals surface area contributed by atoms with Crippen LogP contribution in [0.5, 0.6) is 0 Å². The SMILES string of the molecule is Cc1ccc(CC(=O)CCC2CCCNC2)cc1C. The van der Waals surface area contributed by atoms with E-state index < -0.39 is 0 Å². The largest absolute Gasteiger partial charge is 0.316 e. The summed E-state index contributed by atoms with van der Waals surface area (Å²) in [6, 6.07) is 6.35. The molecule has 1 fully saturated rings. The average Bonchev–Trinajstić information content (AvgIpc) is 2.42. The van der Waals surface area contributed by atoms with Gasteiger partial charge < -0.3 is 5.32 Å². The first-order valence-corrected chi connectivity index (χ1v) is 7.43. The van der Waals surface area contributed by atoms with Gasteiger partial charge in [-0.25, -0.2) is 0 Å². The van der Waals surface area contributed by atoms with Crippen molar-refractivity contribution < 1.29 is 4.79 Å². The van der Waals surface area contributed by atoms with E-state index in [2.05, 4.69) is 37.4 Å². The first-order valence-electron chi connectivity index (χ1n) is 7.43. The number of Topliss-reactive ketones (excluding diaryl/α,β-unsaturated/α-hetero) is 1. The van der Waals surface area contributed by atoms with Gasteiger partial charge >= 0.3 is 0 Å². The van der Waals surface area contributed by atoms with Gasteiger partial charge in [0, 0.05) is 12.8 Å². The van der Waals surface area contributed by atoms with E-state index in [0.29, 0.717) is 18.1 Å². The number of aryl methyl sites for hydroxylation is 2. The topological polar surface area (TPSA) is 29.1 Å². The highest BCUT2D eigenvalue weighted by Crippen LogP contribution is 2.17. The van der Waals surface area contributed by atoms with Crippen molar-refractivity contribution in [2.24, 2.45) is 5.92 Å². The monoisotopic (exact) mass is 259 g/mol. The molecular weight excluding hydrogens is 234 g/mol. The molecule has 1 saturated heterocycles. The predicted molar refractivity (Wildman–Crippen MR) is 79.5 cm³/mol. The maximum absolute atomic E-state index is 12.0. The maximum Gasteiger partial charge on any atom is 0.137 e. The molecule has 0 radical (unpaired) electrons. The molecule has 0 aliphatic carbocycles. The average molecular weight is 259 g/mol. The number of ketones is 1. The molecule has 2 nitrogen and oxygen atoms in total. The zero-order valence-electron chi connectivity index (χ0n) is 12.2. The smallest absolute Gasteiger partial charge is 0.137 e. The Morgan fingerprint density at radius 2 is 2.16 bits per heavy atom. The molecule has 1 aromatic rings. The van der Waals surface area contributed by atoms with Gasteiger partial charge in [-0.2, -0.15) is 0 Å². The summed E-state index contributed by atoms with van der Waals surface area (Å²) in [6.07, 6.45) is 4.93. The van der Waals surface area contributed by atoms with Crippen LogP contribution < -0.4 is 5.32 Å². The van der Waals surface area contributed by atoms with Crippen LogP contribution in [-0.2, 0) is 11.2 Å². The Bertz CT molecular complexity index is 433. The van der Waals surface area contributed by atoms with Crippen molar-refractivity contribution in [2.45, 2.75) is 46.0 Å². The molecule has 0 aromatic heterocycles. The number of hydrogen-bond donors (Lipinski definition) is 1. The Hall–Kier alpha value is -1.15. The van der Waals surface area contributed by atoms with Gasteiger partial charge in [0.2, 0.25) is 0 Å². The van der Waals surface area contributed by atoms with E-state index in [9.17, 15) is 4.79 Å². The van der Waals surface area contributed by atoms with Gasteiger partial charge in [-0.15, -0.1) is 0 Å². The summed E-state index contributed by atoms with van der Waals surface area (Å²) in [7, 11) is 0. The Kier molecular flexibility index (Phi) is 5.15. The van der Waals surface area contributed by atoms with Gasteiger partial charge in [0.25, 0.3) is 0 Å². The zero-order chi connectivity index (χ0) is 13.7. The quantitative estimate of drug-likeness (QED) is 0.880. The van der Waals surface area contributed by atoms with Crippen molar-refractivity contribution >= 4 is 5.78 Å². The fraction of sp³-hybridized carbons (Fsp3) is 0.588. The molecule has 0 amide bonds. The number of benzene rings is 1. The van der Waals surface area contributed by atoms with E-state index in [1.807, 2.05) is 0 Å². The third-order valence-corrected chi connectivity index (χ3v) is 4.20. The van der Waals surface area contributed by atoms with Crippen LogP contribution in [0, 0.1) is 19.8 Å². The molecule has 1 N–H and O–H groups in total. The summed E-state index contributed by atoms with van der Waals surface area (Å²) in [5.41, 5.74) is 3.74. The van der Waals surface area contributed by atoms with Crippen molar-refractivity contribution in [2.75, 3.05) is 13.1 Å².